The van der Waals surface area contributed by atoms with Gasteiger partial charge in [0.1, 0.15) is 18.8 Å². The number of carbonyl (C=O) groups excluding carboxylic acids is 2. The zero-order valence-corrected chi connectivity index (χ0v) is 15.0. The summed E-state index contributed by atoms with van der Waals surface area (Å²) in [5, 5.41) is 7.69. The van der Waals surface area contributed by atoms with Gasteiger partial charge in [-0.1, -0.05) is 18.5 Å². The van der Waals surface area contributed by atoms with E-state index in [-0.39, 0.29) is 52.5 Å². The molecule has 0 spiro atoms. The average molecular weight is 415 g/mol. The Labute approximate surface area is 176 Å². The predicted molar refractivity (Wildman–Crippen MR) is 96.2 cm³/mol. The SMILES string of the molecule is CCC[C@@H]1[C@H](NC(=O)/C(=N\OC)c2csc(N)n2)C(=O)N1S(=O)(=O)O.[NaH]. The van der Waals surface area contributed by atoms with E-state index in [4.69, 9.17) is 10.3 Å². The second kappa shape index (κ2) is 9.10. The first kappa shape index (κ1) is 22.8. The monoisotopic (exact) mass is 415 g/mol. The van der Waals surface area contributed by atoms with Crippen molar-refractivity contribution in [3.05, 3.63) is 11.1 Å². The summed E-state index contributed by atoms with van der Waals surface area (Å²) in [6, 6.07) is -1.98. The third kappa shape index (κ3) is 4.72. The predicted octanol–water partition coefficient (Wildman–Crippen LogP) is -1.27. The van der Waals surface area contributed by atoms with Gasteiger partial charge in [0, 0.05) is 5.38 Å². The van der Waals surface area contributed by atoms with Crippen molar-refractivity contribution in [2.75, 3.05) is 12.8 Å². The number of β-lactam (4-membered cyclic amide) rings is 1. The number of nitrogens with zero attached hydrogens (tertiary/aromatic N) is 3. The summed E-state index contributed by atoms with van der Waals surface area (Å²) in [7, 11) is -3.45. The first-order valence-electron chi connectivity index (χ1n) is 7.14. The maximum absolute atomic E-state index is 12.4. The van der Waals surface area contributed by atoms with E-state index in [0.29, 0.717) is 10.7 Å². The van der Waals surface area contributed by atoms with Crippen molar-refractivity contribution in [1.82, 2.24) is 14.6 Å². The fourth-order valence-corrected chi connectivity index (χ4v) is 3.90. The minimum absolute atomic E-state index is 0. The third-order valence-corrected chi connectivity index (χ3v) is 5.07. The average Bonchev–Trinajstić information content (AvgIpc) is 2.94. The van der Waals surface area contributed by atoms with Gasteiger partial charge in [0.15, 0.2) is 10.8 Å². The Morgan fingerprint density at radius 3 is 2.69 bits per heavy atom. The molecule has 14 heteroatoms. The van der Waals surface area contributed by atoms with Gasteiger partial charge in [-0.25, -0.2) is 9.29 Å². The molecule has 0 aliphatic carbocycles. The fraction of sp³-hybridized carbons (Fsp3) is 0.500. The quantitative estimate of drug-likeness (QED) is 0.163. The molecular formula is C12H18N5NaO6S2. The molecule has 26 heavy (non-hydrogen) atoms. The molecule has 0 aromatic carbocycles. The molecule has 2 rings (SSSR count). The van der Waals surface area contributed by atoms with E-state index < -0.39 is 34.2 Å². The molecule has 0 saturated carbocycles. The van der Waals surface area contributed by atoms with E-state index in [1.54, 1.807) is 6.92 Å². The van der Waals surface area contributed by atoms with Crippen molar-refractivity contribution in [3.8, 4) is 0 Å². The summed E-state index contributed by atoms with van der Waals surface area (Å²) in [4.78, 5) is 33.0. The Morgan fingerprint density at radius 2 is 2.23 bits per heavy atom. The van der Waals surface area contributed by atoms with Gasteiger partial charge in [-0.2, -0.15) is 8.42 Å². The van der Waals surface area contributed by atoms with Crippen LogP contribution < -0.4 is 11.1 Å². The first-order valence-corrected chi connectivity index (χ1v) is 9.42. The molecule has 4 N–H and O–H groups in total. The van der Waals surface area contributed by atoms with Gasteiger partial charge in [-0.05, 0) is 6.42 Å². The molecule has 0 bridgehead atoms. The van der Waals surface area contributed by atoms with Crippen LogP contribution in [0.4, 0.5) is 5.13 Å². The first-order chi connectivity index (χ1) is 11.7. The number of nitrogens with one attached hydrogen (secondary N) is 1. The van der Waals surface area contributed by atoms with Crippen LogP contribution in [-0.4, -0.2) is 88.5 Å². The van der Waals surface area contributed by atoms with Crippen LogP contribution in [0.25, 0.3) is 0 Å². The molecule has 0 unspecified atom stereocenters. The molecule has 1 saturated heterocycles. The van der Waals surface area contributed by atoms with Crippen molar-refractivity contribution in [1.29, 1.82) is 0 Å². The van der Waals surface area contributed by atoms with E-state index in [9.17, 15) is 18.0 Å². The van der Waals surface area contributed by atoms with Crippen LogP contribution in [0.2, 0.25) is 0 Å². The van der Waals surface area contributed by atoms with E-state index in [1.807, 2.05) is 0 Å². The summed E-state index contributed by atoms with van der Waals surface area (Å²) >= 11 is 1.09. The van der Waals surface area contributed by atoms with Crippen LogP contribution in [0.1, 0.15) is 25.5 Å². The number of rotatable bonds is 7. The number of carbonyl (C=O) groups is 2. The number of amides is 2. The number of hydrogen-bond acceptors (Lipinski definition) is 9. The topological polar surface area (TPSA) is 164 Å². The molecule has 2 amide bonds. The number of anilines is 1. The molecule has 1 aromatic heterocycles. The Morgan fingerprint density at radius 1 is 1.58 bits per heavy atom. The van der Waals surface area contributed by atoms with Crippen LogP contribution in [0, 0.1) is 0 Å². The van der Waals surface area contributed by atoms with Gasteiger partial charge in [0.05, 0.1) is 6.04 Å². The number of nitrogen functional groups attached to an aromatic ring is 1. The Balaban J connectivity index is 0.00000338. The van der Waals surface area contributed by atoms with E-state index in [1.165, 1.54) is 12.5 Å². The molecule has 11 nitrogen and oxygen atoms in total. The minimum atomic E-state index is -4.68. The number of nitrogens with two attached hydrogens (primary N) is 1. The molecule has 0 radical (unpaired) electrons. The standard InChI is InChI=1S/C12H17N5O6S2.Na.H/c1-3-4-7-9(11(19)17(7)25(20,21)22)15-10(18)8(16-23-2)6-5-24-12(13)14-6;;/h5,7,9H,3-4H2,1-2H3,(H2,13,14)(H,15,18)(H,20,21,22);;/b16-8-;;/t7-,9+;;/m1../s1. The summed E-state index contributed by atoms with van der Waals surface area (Å²) in [6.07, 6.45) is 0.814. The molecule has 1 aliphatic heterocycles. The third-order valence-electron chi connectivity index (χ3n) is 3.45. The van der Waals surface area contributed by atoms with Crippen LogP contribution >= 0.6 is 11.3 Å². The summed E-state index contributed by atoms with van der Waals surface area (Å²) in [5.41, 5.74) is 5.48. The number of aromatic nitrogens is 1. The Hall–Kier alpha value is -1.25. The molecular weight excluding hydrogens is 397 g/mol. The number of hydrogen-bond donors (Lipinski definition) is 3. The van der Waals surface area contributed by atoms with Gasteiger partial charge in [-0.3, -0.25) is 14.1 Å². The fourth-order valence-electron chi connectivity index (χ4n) is 2.44. The van der Waals surface area contributed by atoms with Gasteiger partial charge in [0.25, 0.3) is 11.8 Å². The Kier molecular flexibility index (Phi) is 7.98. The van der Waals surface area contributed by atoms with Gasteiger partial charge >= 0.3 is 39.9 Å². The molecule has 2 atom stereocenters. The second-order valence-electron chi connectivity index (χ2n) is 5.11. The van der Waals surface area contributed by atoms with E-state index in [0.717, 1.165) is 11.3 Å². The molecule has 1 aromatic rings. The number of thiazole rings is 1. The number of oxime groups is 1. The van der Waals surface area contributed by atoms with Crippen LogP contribution in [0.3, 0.4) is 0 Å². The van der Waals surface area contributed by atoms with Crippen molar-refractivity contribution in [2.24, 2.45) is 5.16 Å². The van der Waals surface area contributed by atoms with Gasteiger partial charge in [0.2, 0.25) is 0 Å². The summed E-state index contributed by atoms with van der Waals surface area (Å²) in [6.45, 7) is 1.78. The molecule has 2 heterocycles. The van der Waals surface area contributed by atoms with Crippen molar-refractivity contribution >= 4 is 73.9 Å². The van der Waals surface area contributed by atoms with Gasteiger partial charge in [-0.15, -0.1) is 11.3 Å². The zero-order valence-electron chi connectivity index (χ0n) is 13.4. The Bertz CT molecular complexity index is 811. The van der Waals surface area contributed by atoms with Crippen molar-refractivity contribution < 1.29 is 27.4 Å². The normalized spacial score (nSPS) is 20.2. The molecule has 1 fully saturated rings. The summed E-state index contributed by atoms with van der Waals surface area (Å²) in [5.74, 6) is -1.70. The van der Waals surface area contributed by atoms with Crippen molar-refractivity contribution in [3.63, 3.8) is 0 Å². The molecule has 140 valence electrons. The van der Waals surface area contributed by atoms with E-state index in [2.05, 4.69) is 20.3 Å². The van der Waals surface area contributed by atoms with Crippen LogP contribution in [0.5, 0.6) is 0 Å². The van der Waals surface area contributed by atoms with Gasteiger partial charge < -0.3 is 15.9 Å². The zero-order chi connectivity index (χ0) is 18.8. The van der Waals surface area contributed by atoms with E-state index >= 15 is 0 Å². The second-order valence-corrected chi connectivity index (χ2v) is 7.29. The molecule has 1 aliphatic rings. The van der Waals surface area contributed by atoms with Crippen LogP contribution in [-0.2, 0) is 24.7 Å². The van der Waals surface area contributed by atoms with Crippen molar-refractivity contribution in [2.45, 2.75) is 31.8 Å². The van der Waals surface area contributed by atoms with Crippen LogP contribution in [0.15, 0.2) is 10.5 Å². The summed E-state index contributed by atoms with van der Waals surface area (Å²) < 4.78 is 32.1. The maximum atomic E-state index is 12.4.